The molecule has 0 fully saturated rings. The van der Waals surface area contributed by atoms with Crippen LogP contribution in [-0.4, -0.2) is 144 Å². The molecule has 3 amide bonds. The van der Waals surface area contributed by atoms with Crippen molar-refractivity contribution in [2.75, 3.05) is 99.0 Å². The summed E-state index contributed by atoms with van der Waals surface area (Å²) in [6.45, 7) is 3.97. The lowest BCUT2D eigenvalue weighted by molar-refractivity contribution is -0.139. The normalized spacial score (nSPS) is 12.4. The number of hydrogen-bond donors (Lipinski definition) is 3. The van der Waals surface area contributed by atoms with Gasteiger partial charge in [-0.2, -0.15) is 0 Å². The molecule has 274 valence electrons. The smallest absolute Gasteiger partial charge is 0.305 e. The second-order valence-electron chi connectivity index (χ2n) is 10.2. The molecule has 17 nitrogen and oxygen atoms in total. The molecule has 0 radical (unpaired) electrons. The maximum atomic E-state index is 12.4. The van der Waals surface area contributed by atoms with Crippen molar-refractivity contribution in [3.8, 4) is 11.5 Å². The van der Waals surface area contributed by atoms with Crippen LogP contribution in [0.1, 0.15) is 24.8 Å². The van der Waals surface area contributed by atoms with E-state index in [1.54, 1.807) is 18.2 Å². The zero-order valence-corrected chi connectivity index (χ0v) is 27.5. The predicted molar refractivity (Wildman–Crippen MR) is 169 cm³/mol. The van der Waals surface area contributed by atoms with Crippen LogP contribution in [0.3, 0.4) is 0 Å². The zero-order chi connectivity index (χ0) is 35.5. The number of nitrogens with zero attached hydrogens (tertiary/aromatic N) is 1. The topological polar surface area (TPSA) is 215 Å². The number of nitrogens with one attached hydrogen (secondary N) is 1. The molecular weight excluding hydrogens is 652 g/mol. The Labute approximate surface area is 284 Å². The second-order valence-corrected chi connectivity index (χ2v) is 10.2. The standard InChI is InChI=1S/C32H46N2O15/c35-28(3-6-34-29(36)1-2-30(34)37)33-24-25-21-26(48-19-17-46-15-13-44-11-9-42-7-4-31(38)39)23-27(22-25)49-20-18-47-16-14-45-12-10-43-8-5-32(40)41/h1-2,21-23H,3-20,24H2,(H,33,35)(H,38,39)(H,40,41). The second kappa shape index (κ2) is 25.8. The van der Waals surface area contributed by atoms with Gasteiger partial charge in [-0.15, -0.1) is 0 Å². The number of rotatable bonds is 31. The summed E-state index contributed by atoms with van der Waals surface area (Å²) in [7, 11) is 0. The zero-order valence-electron chi connectivity index (χ0n) is 27.5. The number of carboxylic acids is 2. The predicted octanol–water partition coefficient (Wildman–Crippen LogP) is 0.425. The van der Waals surface area contributed by atoms with Crippen LogP contribution in [-0.2, 0) is 58.9 Å². The fraction of sp³-hybridized carbons (Fsp3) is 0.594. The first-order chi connectivity index (χ1) is 23.7. The molecule has 0 saturated heterocycles. The molecule has 1 aliphatic rings. The van der Waals surface area contributed by atoms with Gasteiger partial charge in [-0.25, -0.2) is 0 Å². The lowest BCUT2D eigenvalue weighted by Crippen LogP contribution is -2.34. The van der Waals surface area contributed by atoms with Gasteiger partial charge in [0.25, 0.3) is 11.8 Å². The molecule has 1 aromatic carbocycles. The lowest BCUT2D eigenvalue weighted by atomic mass is 10.2. The molecule has 0 aromatic heterocycles. The van der Waals surface area contributed by atoms with Crippen LogP contribution >= 0.6 is 0 Å². The highest BCUT2D eigenvalue weighted by molar-refractivity contribution is 6.13. The number of imide groups is 1. The third-order valence-corrected chi connectivity index (χ3v) is 6.29. The van der Waals surface area contributed by atoms with Crippen LogP contribution in [0.2, 0.25) is 0 Å². The number of benzene rings is 1. The molecule has 1 aromatic rings. The molecule has 0 atom stereocenters. The molecular formula is C32H46N2O15. The first-order valence-corrected chi connectivity index (χ1v) is 15.8. The van der Waals surface area contributed by atoms with Gasteiger partial charge in [0, 0.05) is 37.7 Å². The van der Waals surface area contributed by atoms with E-state index < -0.39 is 23.8 Å². The number of aliphatic carboxylic acids is 2. The quantitative estimate of drug-likeness (QED) is 0.0708. The van der Waals surface area contributed by atoms with Gasteiger partial charge in [0.15, 0.2) is 0 Å². The molecule has 1 aliphatic heterocycles. The Kier molecular flexibility index (Phi) is 21.6. The van der Waals surface area contributed by atoms with Crippen LogP contribution in [0, 0.1) is 0 Å². The molecule has 1 heterocycles. The number of hydrogen-bond acceptors (Lipinski definition) is 13. The van der Waals surface area contributed by atoms with E-state index in [0.29, 0.717) is 69.9 Å². The van der Waals surface area contributed by atoms with Crippen molar-refractivity contribution in [1.82, 2.24) is 10.2 Å². The van der Waals surface area contributed by atoms with Crippen LogP contribution in [0.15, 0.2) is 30.4 Å². The lowest BCUT2D eigenvalue weighted by Gasteiger charge is -2.15. The molecule has 0 saturated carbocycles. The average Bonchev–Trinajstić information content (AvgIpc) is 3.39. The molecule has 0 spiro atoms. The van der Waals surface area contributed by atoms with Crippen molar-refractivity contribution in [1.29, 1.82) is 0 Å². The highest BCUT2D eigenvalue weighted by Crippen LogP contribution is 2.23. The van der Waals surface area contributed by atoms with Gasteiger partial charge in [0.1, 0.15) is 24.7 Å². The van der Waals surface area contributed by atoms with Crippen LogP contribution in [0.25, 0.3) is 0 Å². The first-order valence-electron chi connectivity index (χ1n) is 15.8. The summed E-state index contributed by atoms with van der Waals surface area (Å²) in [5.41, 5.74) is 0.690. The van der Waals surface area contributed by atoms with E-state index in [0.717, 1.165) is 4.90 Å². The van der Waals surface area contributed by atoms with Crippen LogP contribution in [0.4, 0.5) is 0 Å². The Morgan fingerprint density at radius 1 is 0.551 bits per heavy atom. The van der Waals surface area contributed by atoms with Crippen molar-refractivity contribution < 1.29 is 72.1 Å². The summed E-state index contributed by atoms with van der Waals surface area (Å²) in [5, 5.41) is 19.9. The third-order valence-electron chi connectivity index (χ3n) is 6.29. The van der Waals surface area contributed by atoms with E-state index in [1.165, 1.54) is 12.2 Å². The summed E-state index contributed by atoms with van der Waals surface area (Å²) in [6.07, 6.45) is 2.18. The monoisotopic (exact) mass is 698 g/mol. The Balaban J connectivity index is 1.71. The summed E-state index contributed by atoms with van der Waals surface area (Å²) >= 11 is 0. The minimum Gasteiger partial charge on any atom is -0.491 e. The summed E-state index contributed by atoms with van der Waals surface area (Å²) in [6, 6.07) is 5.19. The van der Waals surface area contributed by atoms with Crippen molar-refractivity contribution in [3.05, 3.63) is 35.9 Å². The molecule has 0 unspecified atom stereocenters. The van der Waals surface area contributed by atoms with E-state index in [-0.39, 0.29) is 77.9 Å². The summed E-state index contributed by atoms with van der Waals surface area (Å²) in [5.74, 6) is -2.10. The van der Waals surface area contributed by atoms with Gasteiger partial charge < -0.3 is 53.4 Å². The Hall–Kier alpha value is -4.13. The van der Waals surface area contributed by atoms with Gasteiger partial charge in [-0.1, -0.05) is 0 Å². The molecule has 0 bridgehead atoms. The highest BCUT2D eigenvalue weighted by Gasteiger charge is 2.23. The maximum absolute atomic E-state index is 12.4. The minimum atomic E-state index is -0.917. The number of ether oxygens (including phenoxy) is 8. The van der Waals surface area contributed by atoms with Gasteiger partial charge in [0.05, 0.1) is 92.1 Å². The van der Waals surface area contributed by atoms with E-state index in [4.69, 9.17) is 48.1 Å². The Morgan fingerprint density at radius 3 is 1.35 bits per heavy atom. The maximum Gasteiger partial charge on any atom is 0.305 e. The third kappa shape index (κ3) is 20.8. The summed E-state index contributed by atoms with van der Waals surface area (Å²) < 4.78 is 43.8. The average molecular weight is 699 g/mol. The SMILES string of the molecule is O=C(O)CCOCCOCCOCCOc1cc(CNC(=O)CCN2C(=O)C=CC2=O)cc(OCCOCCOCCOCCC(=O)O)c1. The van der Waals surface area contributed by atoms with E-state index in [1.807, 2.05) is 0 Å². The Morgan fingerprint density at radius 2 is 0.939 bits per heavy atom. The van der Waals surface area contributed by atoms with Gasteiger partial charge in [-0.3, -0.25) is 28.9 Å². The molecule has 49 heavy (non-hydrogen) atoms. The largest absolute Gasteiger partial charge is 0.491 e. The van der Waals surface area contributed by atoms with Crippen molar-refractivity contribution in [3.63, 3.8) is 0 Å². The van der Waals surface area contributed by atoms with Gasteiger partial charge in [-0.05, 0) is 17.7 Å². The molecule has 2 rings (SSSR count). The molecule has 0 aliphatic carbocycles. The fourth-order valence-electron chi connectivity index (χ4n) is 3.89. The van der Waals surface area contributed by atoms with Gasteiger partial charge in [0.2, 0.25) is 5.91 Å². The molecule has 3 N–H and O–H groups in total. The van der Waals surface area contributed by atoms with E-state index in [2.05, 4.69) is 5.32 Å². The van der Waals surface area contributed by atoms with Crippen molar-refractivity contribution in [2.45, 2.75) is 25.8 Å². The van der Waals surface area contributed by atoms with E-state index >= 15 is 0 Å². The van der Waals surface area contributed by atoms with Crippen molar-refractivity contribution >= 4 is 29.7 Å². The first kappa shape index (κ1) is 41.0. The Bertz CT molecular complexity index is 1120. The number of carbonyl (C=O) groups is 5. The molecule has 17 heteroatoms. The highest BCUT2D eigenvalue weighted by atomic mass is 16.6. The number of amides is 3. The fourth-order valence-corrected chi connectivity index (χ4v) is 3.89. The van der Waals surface area contributed by atoms with Gasteiger partial charge >= 0.3 is 11.9 Å². The van der Waals surface area contributed by atoms with E-state index in [9.17, 15) is 24.0 Å². The summed E-state index contributed by atoms with van der Waals surface area (Å²) in [4.78, 5) is 57.7. The van der Waals surface area contributed by atoms with Crippen LogP contribution < -0.4 is 14.8 Å². The number of carbonyl (C=O) groups excluding carboxylic acids is 3. The number of carboxylic acid groups (broad SMARTS) is 2. The van der Waals surface area contributed by atoms with Crippen LogP contribution in [0.5, 0.6) is 11.5 Å². The van der Waals surface area contributed by atoms with Crippen molar-refractivity contribution in [2.24, 2.45) is 0 Å². The minimum absolute atomic E-state index is 0.0226.